The number of carbonyl (C=O) groups excluding carboxylic acids is 1. The molecular weight excluding hydrogens is 242 g/mol. The van der Waals surface area contributed by atoms with Crippen LogP contribution in [0.1, 0.15) is 10.4 Å². The van der Waals surface area contributed by atoms with Crippen LogP contribution in [-0.4, -0.2) is 48.6 Å². The third-order valence-corrected chi connectivity index (χ3v) is 2.47. The quantitative estimate of drug-likeness (QED) is 0.790. The highest BCUT2D eigenvalue weighted by atomic mass is 35.5. The first kappa shape index (κ1) is 13.8. The summed E-state index contributed by atoms with van der Waals surface area (Å²) < 4.78 is 4.94. The number of rotatable bonds is 6. The minimum Gasteiger partial charge on any atom is -0.508 e. The fraction of sp³-hybridized carbons (Fsp3) is 0.417. The second-order valence-corrected chi connectivity index (χ2v) is 3.90. The maximum Gasteiger partial charge on any atom is 0.254 e. The Bertz CT molecular complexity index is 371. The van der Waals surface area contributed by atoms with E-state index in [1.807, 2.05) is 0 Å². The number of nitrogens with zero attached hydrogens (tertiary/aromatic N) is 1. The molecule has 0 aliphatic rings. The van der Waals surface area contributed by atoms with E-state index in [-0.39, 0.29) is 11.7 Å². The average molecular weight is 258 g/mol. The molecule has 1 aromatic rings. The summed E-state index contributed by atoms with van der Waals surface area (Å²) in [4.78, 5) is 13.7. The van der Waals surface area contributed by atoms with E-state index in [0.717, 1.165) is 0 Å². The smallest absolute Gasteiger partial charge is 0.254 e. The van der Waals surface area contributed by atoms with Crippen molar-refractivity contribution in [1.29, 1.82) is 0 Å². The van der Waals surface area contributed by atoms with Gasteiger partial charge in [0.15, 0.2) is 0 Å². The molecule has 4 nitrogen and oxygen atoms in total. The van der Waals surface area contributed by atoms with Crippen molar-refractivity contribution in [1.82, 2.24) is 4.90 Å². The Kier molecular flexibility index (Phi) is 5.80. The molecule has 1 amide bonds. The van der Waals surface area contributed by atoms with E-state index in [9.17, 15) is 9.90 Å². The van der Waals surface area contributed by atoms with Crippen LogP contribution in [0.15, 0.2) is 24.3 Å². The number of amides is 1. The van der Waals surface area contributed by atoms with Crippen LogP contribution in [-0.2, 0) is 4.74 Å². The molecule has 0 aliphatic carbocycles. The van der Waals surface area contributed by atoms with E-state index in [1.165, 1.54) is 12.1 Å². The summed E-state index contributed by atoms with van der Waals surface area (Å²) in [7, 11) is 1.58. The number of aromatic hydroxyl groups is 1. The second-order valence-electron chi connectivity index (χ2n) is 3.52. The molecule has 0 saturated carbocycles. The van der Waals surface area contributed by atoms with Gasteiger partial charge in [0.2, 0.25) is 0 Å². The van der Waals surface area contributed by atoms with E-state index in [0.29, 0.717) is 31.1 Å². The lowest BCUT2D eigenvalue weighted by atomic mass is 10.2. The van der Waals surface area contributed by atoms with Crippen molar-refractivity contribution in [2.24, 2.45) is 0 Å². The maximum absolute atomic E-state index is 12.1. The Morgan fingerprint density at radius 2 is 2.24 bits per heavy atom. The maximum atomic E-state index is 12.1. The molecule has 0 atom stereocenters. The van der Waals surface area contributed by atoms with Gasteiger partial charge in [-0.2, -0.15) is 0 Å². The molecule has 0 spiro atoms. The molecule has 0 aliphatic heterocycles. The van der Waals surface area contributed by atoms with Crippen LogP contribution in [0.5, 0.6) is 5.75 Å². The predicted octanol–water partition coefficient (Wildman–Crippen LogP) is 1.72. The zero-order valence-electron chi connectivity index (χ0n) is 9.73. The summed E-state index contributed by atoms with van der Waals surface area (Å²) in [6, 6.07) is 6.27. The summed E-state index contributed by atoms with van der Waals surface area (Å²) in [5.41, 5.74) is 0.450. The summed E-state index contributed by atoms with van der Waals surface area (Å²) in [6.45, 7) is 1.40. The van der Waals surface area contributed by atoms with Gasteiger partial charge < -0.3 is 14.7 Å². The van der Waals surface area contributed by atoms with E-state index < -0.39 is 0 Å². The molecule has 94 valence electrons. The zero-order chi connectivity index (χ0) is 12.7. The first-order valence-electron chi connectivity index (χ1n) is 5.32. The number of phenols is 1. The Balaban J connectivity index is 2.76. The van der Waals surface area contributed by atoms with Crippen molar-refractivity contribution in [3.63, 3.8) is 0 Å². The molecule has 0 fully saturated rings. The molecule has 5 heteroatoms. The highest BCUT2D eigenvalue weighted by Crippen LogP contribution is 2.13. The number of halogens is 1. The number of hydrogen-bond donors (Lipinski definition) is 1. The molecule has 17 heavy (non-hydrogen) atoms. The number of phenolic OH excluding ortho intramolecular Hbond substituents is 1. The highest BCUT2D eigenvalue weighted by Gasteiger charge is 2.15. The first-order valence-corrected chi connectivity index (χ1v) is 5.85. The minimum absolute atomic E-state index is 0.0772. The standard InChI is InChI=1S/C12H16ClNO3/c1-17-8-7-14(6-5-13)12(16)10-3-2-4-11(15)9-10/h2-4,9,15H,5-8H2,1H3. The molecule has 1 N–H and O–H groups in total. The van der Waals surface area contributed by atoms with Gasteiger partial charge in [-0.25, -0.2) is 0 Å². The molecule has 0 heterocycles. The number of benzene rings is 1. The Morgan fingerprint density at radius 3 is 2.82 bits per heavy atom. The molecule has 0 aromatic heterocycles. The largest absolute Gasteiger partial charge is 0.508 e. The van der Waals surface area contributed by atoms with Gasteiger partial charge in [-0.05, 0) is 18.2 Å². The third kappa shape index (κ3) is 4.24. The lowest BCUT2D eigenvalue weighted by molar-refractivity contribution is 0.0707. The Labute approximate surface area is 106 Å². The van der Waals surface area contributed by atoms with Gasteiger partial charge in [-0.3, -0.25) is 4.79 Å². The molecular formula is C12H16ClNO3. The van der Waals surface area contributed by atoms with E-state index >= 15 is 0 Å². The van der Waals surface area contributed by atoms with Crippen LogP contribution in [0.2, 0.25) is 0 Å². The van der Waals surface area contributed by atoms with Gasteiger partial charge in [0, 0.05) is 31.6 Å². The van der Waals surface area contributed by atoms with Gasteiger partial charge in [-0.1, -0.05) is 6.07 Å². The average Bonchev–Trinajstić information content (AvgIpc) is 2.33. The summed E-state index contributed by atoms with van der Waals surface area (Å²) in [5, 5.41) is 9.33. The van der Waals surface area contributed by atoms with Crippen molar-refractivity contribution in [2.45, 2.75) is 0 Å². The van der Waals surface area contributed by atoms with Gasteiger partial charge in [0.1, 0.15) is 5.75 Å². The topological polar surface area (TPSA) is 49.8 Å². The van der Waals surface area contributed by atoms with Crippen molar-refractivity contribution in [3.05, 3.63) is 29.8 Å². The number of ether oxygens (including phenoxy) is 1. The monoisotopic (exact) mass is 257 g/mol. The number of alkyl halides is 1. The van der Waals surface area contributed by atoms with E-state index in [2.05, 4.69) is 0 Å². The van der Waals surface area contributed by atoms with Crippen molar-refractivity contribution >= 4 is 17.5 Å². The van der Waals surface area contributed by atoms with Crippen molar-refractivity contribution < 1.29 is 14.6 Å². The van der Waals surface area contributed by atoms with Crippen molar-refractivity contribution in [3.8, 4) is 5.75 Å². The van der Waals surface area contributed by atoms with Crippen LogP contribution < -0.4 is 0 Å². The molecule has 0 bridgehead atoms. The lowest BCUT2D eigenvalue weighted by Crippen LogP contribution is -2.35. The SMILES string of the molecule is COCCN(CCCl)C(=O)c1cccc(O)c1. The highest BCUT2D eigenvalue weighted by molar-refractivity contribution is 6.18. The Morgan fingerprint density at radius 1 is 1.47 bits per heavy atom. The molecule has 1 aromatic carbocycles. The summed E-state index contributed by atoms with van der Waals surface area (Å²) in [6.07, 6.45) is 0. The molecule has 0 radical (unpaired) electrons. The normalized spacial score (nSPS) is 10.2. The zero-order valence-corrected chi connectivity index (χ0v) is 10.5. The Hall–Kier alpha value is -1.26. The summed E-state index contributed by atoms with van der Waals surface area (Å²) in [5.74, 6) is 0.292. The van der Waals surface area contributed by atoms with Gasteiger partial charge in [0.25, 0.3) is 5.91 Å². The minimum atomic E-state index is -0.154. The van der Waals surface area contributed by atoms with Crippen molar-refractivity contribution in [2.75, 3.05) is 32.7 Å². The lowest BCUT2D eigenvalue weighted by Gasteiger charge is -2.21. The van der Waals surface area contributed by atoms with Crippen LogP contribution >= 0.6 is 11.6 Å². The fourth-order valence-electron chi connectivity index (χ4n) is 1.44. The molecule has 0 saturated heterocycles. The van der Waals surface area contributed by atoms with Crippen LogP contribution in [0.3, 0.4) is 0 Å². The predicted molar refractivity (Wildman–Crippen MR) is 66.6 cm³/mol. The van der Waals surface area contributed by atoms with E-state index in [4.69, 9.17) is 16.3 Å². The second kappa shape index (κ2) is 7.14. The third-order valence-electron chi connectivity index (χ3n) is 2.30. The number of carbonyl (C=O) groups is 1. The molecule has 1 rings (SSSR count). The van der Waals surface area contributed by atoms with Gasteiger partial charge in [0.05, 0.1) is 6.61 Å². The van der Waals surface area contributed by atoms with E-state index in [1.54, 1.807) is 24.1 Å². The van der Waals surface area contributed by atoms with Crippen LogP contribution in [0, 0.1) is 0 Å². The van der Waals surface area contributed by atoms with Gasteiger partial charge >= 0.3 is 0 Å². The molecule has 0 unspecified atom stereocenters. The number of methoxy groups -OCH3 is 1. The van der Waals surface area contributed by atoms with Gasteiger partial charge in [-0.15, -0.1) is 11.6 Å². The summed E-state index contributed by atoms with van der Waals surface area (Å²) >= 11 is 5.65. The number of hydrogen-bond acceptors (Lipinski definition) is 3. The first-order chi connectivity index (χ1) is 8.19. The van der Waals surface area contributed by atoms with Crippen LogP contribution in [0.4, 0.5) is 0 Å². The fourth-order valence-corrected chi connectivity index (χ4v) is 1.64. The van der Waals surface area contributed by atoms with Crippen LogP contribution in [0.25, 0.3) is 0 Å².